The van der Waals surface area contributed by atoms with Gasteiger partial charge in [-0.05, 0) is 67.2 Å². The minimum Gasteiger partial charge on any atom is -0.312 e. The van der Waals surface area contributed by atoms with Crippen molar-refractivity contribution in [3.63, 3.8) is 0 Å². The Morgan fingerprint density at radius 1 is 1.16 bits per heavy atom. The summed E-state index contributed by atoms with van der Waals surface area (Å²) >= 11 is 0. The van der Waals surface area contributed by atoms with Gasteiger partial charge in [0.25, 0.3) is 10.0 Å². The third-order valence-corrected chi connectivity index (χ3v) is 9.00. The van der Waals surface area contributed by atoms with Crippen molar-refractivity contribution in [2.75, 3.05) is 6.54 Å². The molecule has 1 N–H and O–H groups in total. The van der Waals surface area contributed by atoms with E-state index in [1.807, 2.05) is 43.3 Å². The summed E-state index contributed by atoms with van der Waals surface area (Å²) in [4.78, 5) is 0.307. The highest BCUT2D eigenvalue weighted by atomic mass is 32.2. The van der Waals surface area contributed by atoms with Gasteiger partial charge in [-0.2, -0.15) is 0 Å². The highest BCUT2D eigenvalue weighted by Gasteiger charge is 2.46. The number of hydrogen-bond acceptors (Lipinski definition) is 3. The quantitative estimate of drug-likeness (QED) is 0.469. The summed E-state index contributed by atoms with van der Waals surface area (Å²) in [5, 5.41) is 4.64. The van der Waals surface area contributed by atoms with E-state index in [9.17, 15) is 8.42 Å². The molecule has 2 aliphatic carbocycles. The number of aromatic nitrogens is 1. The van der Waals surface area contributed by atoms with E-state index in [1.165, 1.54) is 16.8 Å². The van der Waals surface area contributed by atoms with Crippen LogP contribution >= 0.6 is 0 Å². The lowest BCUT2D eigenvalue weighted by Crippen LogP contribution is -2.37. The molecule has 0 amide bonds. The van der Waals surface area contributed by atoms with Crippen LogP contribution in [0.15, 0.2) is 84.4 Å². The fraction of sp³-hybridized carbons (Fsp3) is 0.333. The number of para-hydroxylation sites is 1. The van der Waals surface area contributed by atoms with Gasteiger partial charge in [0.05, 0.1) is 10.4 Å². The molecule has 0 unspecified atom stereocenters. The van der Waals surface area contributed by atoms with Crippen molar-refractivity contribution in [3.8, 4) is 0 Å². The Labute approximate surface area is 190 Å². The third-order valence-electron chi connectivity index (χ3n) is 7.31. The molecule has 5 heteroatoms. The van der Waals surface area contributed by atoms with Gasteiger partial charge in [-0.3, -0.25) is 0 Å². The molecule has 0 radical (unpaired) electrons. The molecule has 3 atom stereocenters. The minimum absolute atomic E-state index is 0.230. The van der Waals surface area contributed by atoms with Gasteiger partial charge >= 0.3 is 0 Å². The average Bonchev–Trinajstić information content (AvgIpc) is 3.48. The summed E-state index contributed by atoms with van der Waals surface area (Å²) in [7, 11) is -3.66. The first-order valence-electron chi connectivity index (χ1n) is 11.3. The van der Waals surface area contributed by atoms with E-state index >= 15 is 0 Å². The minimum atomic E-state index is -3.66. The van der Waals surface area contributed by atoms with Crippen molar-refractivity contribution in [1.29, 1.82) is 0 Å². The zero-order valence-corrected chi connectivity index (χ0v) is 19.3. The van der Waals surface area contributed by atoms with Crippen molar-refractivity contribution in [3.05, 3.63) is 90.7 Å². The third kappa shape index (κ3) is 3.54. The van der Waals surface area contributed by atoms with E-state index in [-0.39, 0.29) is 5.41 Å². The SMILES string of the molecule is C=CC[C@]1(CNCc2cn(S(=O)(=O)c3ccc(C)cc3)c3ccccc23)C[C@H]2C=C[C@@H]1C2. The molecule has 2 bridgehead atoms. The topological polar surface area (TPSA) is 51.1 Å². The highest BCUT2D eigenvalue weighted by molar-refractivity contribution is 7.90. The first-order valence-corrected chi connectivity index (χ1v) is 12.8. The van der Waals surface area contributed by atoms with Crippen LogP contribution in [0.5, 0.6) is 0 Å². The smallest absolute Gasteiger partial charge is 0.268 e. The van der Waals surface area contributed by atoms with Crippen LogP contribution in [0.25, 0.3) is 10.9 Å². The molecule has 1 aromatic heterocycles. The zero-order chi connectivity index (χ0) is 22.3. The van der Waals surface area contributed by atoms with Crippen molar-refractivity contribution in [2.24, 2.45) is 17.3 Å². The van der Waals surface area contributed by atoms with Crippen molar-refractivity contribution < 1.29 is 8.42 Å². The zero-order valence-electron chi connectivity index (χ0n) is 18.5. The molecule has 0 saturated heterocycles. The lowest BCUT2D eigenvalue weighted by Gasteiger charge is -2.35. The predicted octanol–water partition coefficient (Wildman–Crippen LogP) is 5.43. The monoisotopic (exact) mass is 446 g/mol. The number of fused-ring (bicyclic) bond motifs is 3. The van der Waals surface area contributed by atoms with Crippen LogP contribution in [0.1, 0.15) is 30.4 Å². The molecule has 1 fully saturated rings. The maximum atomic E-state index is 13.4. The molecule has 4 nitrogen and oxygen atoms in total. The molecule has 1 saturated carbocycles. The summed E-state index contributed by atoms with van der Waals surface area (Å²) in [6.45, 7) is 7.50. The highest BCUT2D eigenvalue weighted by Crippen LogP contribution is 2.53. The van der Waals surface area contributed by atoms with Crippen LogP contribution in [-0.4, -0.2) is 18.9 Å². The number of nitrogens with zero attached hydrogens (tertiary/aromatic N) is 1. The number of aryl methyl sites for hydroxylation is 1. The van der Waals surface area contributed by atoms with Crippen LogP contribution < -0.4 is 5.32 Å². The van der Waals surface area contributed by atoms with Crippen LogP contribution in [0.2, 0.25) is 0 Å². The van der Waals surface area contributed by atoms with Gasteiger partial charge in [0.1, 0.15) is 0 Å². The molecule has 3 aromatic rings. The molecule has 0 aliphatic heterocycles. The predicted molar refractivity (Wildman–Crippen MR) is 130 cm³/mol. The fourth-order valence-corrected chi connectivity index (χ4v) is 7.07. The first-order chi connectivity index (χ1) is 15.4. The number of allylic oxidation sites excluding steroid dienone is 3. The maximum Gasteiger partial charge on any atom is 0.268 e. The van der Waals surface area contributed by atoms with E-state index in [0.29, 0.717) is 28.8 Å². The van der Waals surface area contributed by atoms with Gasteiger partial charge in [0.15, 0.2) is 0 Å². The maximum absolute atomic E-state index is 13.4. The molecular formula is C27H30N2O2S. The van der Waals surface area contributed by atoms with E-state index in [4.69, 9.17) is 0 Å². The van der Waals surface area contributed by atoms with Crippen LogP contribution in [-0.2, 0) is 16.6 Å². The number of rotatable bonds is 8. The van der Waals surface area contributed by atoms with Gasteiger partial charge in [-0.25, -0.2) is 12.4 Å². The Morgan fingerprint density at radius 2 is 1.94 bits per heavy atom. The molecule has 5 rings (SSSR count). The summed E-state index contributed by atoms with van der Waals surface area (Å²) in [6.07, 6.45) is 12.1. The number of benzene rings is 2. The van der Waals surface area contributed by atoms with E-state index in [0.717, 1.165) is 29.5 Å². The van der Waals surface area contributed by atoms with Crippen LogP contribution in [0.3, 0.4) is 0 Å². The van der Waals surface area contributed by atoms with Gasteiger partial charge in [-0.15, -0.1) is 6.58 Å². The van der Waals surface area contributed by atoms with Crippen molar-refractivity contribution in [1.82, 2.24) is 9.29 Å². The second-order valence-electron chi connectivity index (χ2n) is 9.44. The largest absolute Gasteiger partial charge is 0.312 e. The van der Waals surface area contributed by atoms with Gasteiger partial charge < -0.3 is 5.32 Å². The van der Waals surface area contributed by atoms with Gasteiger partial charge in [-0.1, -0.05) is 54.1 Å². The second-order valence-corrected chi connectivity index (χ2v) is 11.3. The molecule has 32 heavy (non-hydrogen) atoms. The Bertz CT molecular complexity index is 1290. The summed E-state index contributed by atoms with van der Waals surface area (Å²) in [5.41, 5.74) is 2.99. The fourth-order valence-electron chi connectivity index (χ4n) is 5.68. The summed E-state index contributed by atoms with van der Waals surface area (Å²) in [5.74, 6) is 1.31. The standard InChI is InChI=1S/C27H30N2O2S/c1-3-14-27(16-21-10-11-23(27)15-21)19-28-17-22-18-29(26-7-5-4-6-25(22)26)32(30,31)24-12-8-20(2)9-13-24/h3-13,18,21,23,28H,1,14-17,19H2,2H3/t21-,23+,27+/m0/s1. The number of nitrogens with one attached hydrogen (secondary N) is 1. The summed E-state index contributed by atoms with van der Waals surface area (Å²) in [6, 6.07) is 14.8. The molecule has 1 heterocycles. The Hall–Kier alpha value is -2.63. The number of hydrogen-bond donors (Lipinski definition) is 1. The Balaban J connectivity index is 1.43. The molecule has 0 spiro atoms. The van der Waals surface area contributed by atoms with E-state index in [1.54, 1.807) is 18.3 Å². The molecule has 2 aliphatic rings. The Kier molecular flexibility index (Phi) is 5.34. The summed E-state index contributed by atoms with van der Waals surface area (Å²) < 4.78 is 28.2. The normalized spacial score (nSPS) is 24.4. The molecule has 166 valence electrons. The van der Waals surface area contributed by atoms with Crippen LogP contribution in [0, 0.1) is 24.2 Å². The van der Waals surface area contributed by atoms with Gasteiger partial charge in [0.2, 0.25) is 0 Å². The lowest BCUT2D eigenvalue weighted by molar-refractivity contribution is 0.220. The van der Waals surface area contributed by atoms with Gasteiger partial charge in [0, 0.05) is 24.7 Å². The molecular weight excluding hydrogens is 416 g/mol. The van der Waals surface area contributed by atoms with Crippen LogP contribution in [0.4, 0.5) is 0 Å². The van der Waals surface area contributed by atoms with Crippen molar-refractivity contribution in [2.45, 2.75) is 37.6 Å². The Morgan fingerprint density at radius 3 is 2.62 bits per heavy atom. The van der Waals surface area contributed by atoms with E-state index < -0.39 is 10.0 Å². The van der Waals surface area contributed by atoms with Crippen molar-refractivity contribution >= 4 is 20.9 Å². The lowest BCUT2D eigenvalue weighted by atomic mass is 9.73. The first kappa shape index (κ1) is 21.2. The molecule has 2 aromatic carbocycles. The second kappa shape index (κ2) is 8.05. The van der Waals surface area contributed by atoms with E-state index in [2.05, 4.69) is 30.1 Å². The average molecular weight is 447 g/mol.